The van der Waals surface area contributed by atoms with Crippen molar-refractivity contribution in [3.63, 3.8) is 0 Å². The first-order valence-corrected chi connectivity index (χ1v) is 3.50. The first kappa shape index (κ1) is 13.1. The molecule has 0 aromatic rings. The van der Waals surface area contributed by atoms with Crippen LogP contribution in [0.25, 0.3) is 0 Å². The number of allylic oxidation sites excluding steroid dienone is 1. The van der Waals surface area contributed by atoms with E-state index in [9.17, 15) is 4.79 Å². The second-order valence-corrected chi connectivity index (χ2v) is 2.23. The van der Waals surface area contributed by atoms with Crippen molar-refractivity contribution >= 4 is 18.3 Å². The van der Waals surface area contributed by atoms with Gasteiger partial charge in [-0.1, -0.05) is 6.42 Å². The summed E-state index contributed by atoms with van der Waals surface area (Å²) in [7, 11) is 0. The summed E-state index contributed by atoms with van der Waals surface area (Å²) in [5.74, 6) is 1.66. The molecule has 0 amide bonds. The molecule has 0 saturated carbocycles. The minimum Gasteiger partial charge on any atom is -0.393 e. The van der Waals surface area contributed by atoms with Crippen molar-refractivity contribution in [2.75, 3.05) is 6.54 Å². The lowest BCUT2D eigenvalue weighted by Crippen LogP contribution is -2.00. The van der Waals surface area contributed by atoms with Gasteiger partial charge < -0.3 is 11.5 Å². The van der Waals surface area contributed by atoms with Gasteiger partial charge in [0.15, 0.2) is 0 Å². The second-order valence-electron chi connectivity index (χ2n) is 2.23. The molecule has 3 nitrogen and oxygen atoms in total. The summed E-state index contributed by atoms with van der Waals surface area (Å²) < 4.78 is 0. The van der Waals surface area contributed by atoms with E-state index in [1.54, 1.807) is 5.94 Å². The van der Waals surface area contributed by atoms with Gasteiger partial charge in [-0.05, 0) is 25.8 Å². The third-order valence-corrected chi connectivity index (χ3v) is 1.28. The summed E-state index contributed by atoms with van der Waals surface area (Å²) in [4.78, 5) is 9.86. The van der Waals surface area contributed by atoms with Crippen LogP contribution in [0.4, 0.5) is 0 Å². The highest BCUT2D eigenvalue weighted by molar-refractivity contribution is 5.85. The van der Waals surface area contributed by atoms with Crippen molar-refractivity contribution in [2.24, 2.45) is 11.5 Å². The van der Waals surface area contributed by atoms with Crippen LogP contribution in [0.5, 0.6) is 0 Å². The van der Waals surface area contributed by atoms with Crippen LogP contribution in [-0.4, -0.2) is 12.5 Å². The van der Waals surface area contributed by atoms with E-state index in [1.807, 2.05) is 0 Å². The van der Waals surface area contributed by atoms with Crippen LogP contribution in [-0.2, 0) is 4.79 Å². The number of hydrogen-bond donors (Lipinski definition) is 2. The van der Waals surface area contributed by atoms with Gasteiger partial charge >= 0.3 is 0 Å². The summed E-state index contributed by atoms with van der Waals surface area (Å²) in [5, 5.41) is 0. The first-order valence-electron chi connectivity index (χ1n) is 3.50. The highest BCUT2D eigenvalue weighted by Crippen LogP contribution is 2.00. The highest BCUT2D eigenvalue weighted by atomic mass is 35.5. The Morgan fingerprint density at radius 3 is 2.36 bits per heavy atom. The molecule has 0 rings (SSSR count). The van der Waals surface area contributed by atoms with E-state index in [0.717, 1.165) is 19.3 Å². The fraction of sp³-hybridized carbons (Fsp3) is 0.714. The molecule has 0 aliphatic heterocycles. The number of unbranched alkanes of at least 4 members (excludes halogenated alkanes) is 2. The van der Waals surface area contributed by atoms with Crippen LogP contribution >= 0.6 is 12.4 Å². The minimum atomic E-state index is 0. The quantitative estimate of drug-likeness (QED) is 0.479. The van der Waals surface area contributed by atoms with Crippen molar-refractivity contribution in [3.05, 3.63) is 5.70 Å². The Morgan fingerprint density at radius 2 is 1.91 bits per heavy atom. The van der Waals surface area contributed by atoms with Crippen molar-refractivity contribution in [2.45, 2.75) is 25.7 Å². The summed E-state index contributed by atoms with van der Waals surface area (Å²) in [6.07, 6.45) is 3.65. The lowest BCUT2D eigenvalue weighted by atomic mass is 10.2. The average Bonchev–Trinajstić information content (AvgIpc) is 1.98. The maximum Gasteiger partial charge on any atom is 0.145 e. The van der Waals surface area contributed by atoms with Crippen LogP contribution in [0.15, 0.2) is 5.70 Å². The standard InChI is InChI=1S/C7H14N2O.ClH/c8-5-3-1-2-4-7(9)6-10;/h1-5,8-9H2;1H. The van der Waals surface area contributed by atoms with Crippen LogP contribution in [0.3, 0.4) is 0 Å². The van der Waals surface area contributed by atoms with Crippen molar-refractivity contribution in [1.82, 2.24) is 0 Å². The maximum atomic E-state index is 9.86. The molecule has 4 heteroatoms. The van der Waals surface area contributed by atoms with E-state index in [1.165, 1.54) is 0 Å². The number of hydrogen-bond acceptors (Lipinski definition) is 3. The van der Waals surface area contributed by atoms with E-state index >= 15 is 0 Å². The zero-order chi connectivity index (χ0) is 7.82. The zero-order valence-electron chi connectivity index (χ0n) is 6.51. The van der Waals surface area contributed by atoms with E-state index in [-0.39, 0.29) is 12.4 Å². The Morgan fingerprint density at radius 1 is 1.27 bits per heavy atom. The molecule has 0 radical (unpaired) electrons. The largest absolute Gasteiger partial charge is 0.393 e. The first-order chi connectivity index (χ1) is 4.81. The molecule has 0 heterocycles. The van der Waals surface area contributed by atoms with Crippen molar-refractivity contribution in [3.8, 4) is 0 Å². The molecule has 0 aliphatic carbocycles. The third-order valence-electron chi connectivity index (χ3n) is 1.28. The lowest BCUT2D eigenvalue weighted by Gasteiger charge is -1.95. The SMILES string of the molecule is Cl.NCCCCCC(N)=C=O. The van der Waals surface area contributed by atoms with Crippen molar-refractivity contribution in [1.29, 1.82) is 0 Å². The van der Waals surface area contributed by atoms with Gasteiger partial charge in [-0.25, -0.2) is 4.79 Å². The van der Waals surface area contributed by atoms with Gasteiger partial charge in [0.25, 0.3) is 0 Å². The van der Waals surface area contributed by atoms with E-state index in [4.69, 9.17) is 11.5 Å². The van der Waals surface area contributed by atoms with E-state index in [2.05, 4.69) is 0 Å². The molecule has 0 spiro atoms. The summed E-state index contributed by atoms with van der Waals surface area (Å²) in [6.45, 7) is 0.713. The van der Waals surface area contributed by atoms with Gasteiger partial charge in [-0.2, -0.15) is 0 Å². The molecule has 0 aliphatic rings. The molecular weight excluding hydrogens is 164 g/mol. The average molecular weight is 179 g/mol. The molecular formula is C7H15ClN2O. The predicted molar refractivity (Wildman–Crippen MR) is 48.2 cm³/mol. The number of rotatable bonds is 5. The Labute approximate surface area is 73.2 Å². The summed E-state index contributed by atoms with van der Waals surface area (Å²) >= 11 is 0. The molecule has 0 fully saturated rings. The van der Waals surface area contributed by atoms with Crippen LogP contribution in [0.2, 0.25) is 0 Å². The number of nitrogens with two attached hydrogens (primary N) is 2. The Kier molecular flexibility index (Phi) is 11.3. The fourth-order valence-electron chi connectivity index (χ4n) is 0.688. The molecule has 0 bridgehead atoms. The van der Waals surface area contributed by atoms with Crippen LogP contribution < -0.4 is 11.5 Å². The van der Waals surface area contributed by atoms with E-state index < -0.39 is 0 Å². The molecule has 4 N–H and O–H groups in total. The Bertz CT molecular complexity index is 132. The monoisotopic (exact) mass is 178 g/mol. The maximum absolute atomic E-state index is 9.86. The predicted octanol–water partition coefficient (Wildman–Crippen LogP) is 0.602. The second kappa shape index (κ2) is 9.50. The smallest absolute Gasteiger partial charge is 0.145 e. The van der Waals surface area contributed by atoms with Crippen LogP contribution in [0.1, 0.15) is 25.7 Å². The van der Waals surface area contributed by atoms with Gasteiger partial charge in [0, 0.05) is 0 Å². The van der Waals surface area contributed by atoms with E-state index in [0.29, 0.717) is 18.7 Å². The number of carbonyl (C=O) groups excluding carboxylic acids is 1. The molecule has 0 aromatic carbocycles. The molecule has 0 saturated heterocycles. The molecule has 0 atom stereocenters. The molecule has 0 aromatic heterocycles. The molecule has 0 unspecified atom stereocenters. The zero-order valence-corrected chi connectivity index (χ0v) is 7.32. The van der Waals surface area contributed by atoms with Gasteiger partial charge in [0.1, 0.15) is 5.94 Å². The molecule has 66 valence electrons. The molecule has 11 heavy (non-hydrogen) atoms. The van der Waals surface area contributed by atoms with Gasteiger partial charge in [-0.15, -0.1) is 12.4 Å². The summed E-state index contributed by atoms with van der Waals surface area (Å²) in [5.41, 5.74) is 10.8. The van der Waals surface area contributed by atoms with Gasteiger partial charge in [0.05, 0.1) is 5.70 Å². The van der Waals surface area contributed by atoms with Gasteiger partial charge in [-0.3, -0.25) is 0 Å². The van der Waals surface area contributed by atoms with Crippen LogP contribution in [0, 0.1) is 0 Å². The highest BCUT2D eigenvalue weighted by Gasteiger charge is 1.90. The fourth-order valence-corrected chi connectivity index (χ4v) is 0.688. The normalized spacial score (nSPS) is 8.09. The topological polar surface area (TPSA) is 69.1 Å². The minimum absolute atomic E-state index is 0. The number of halogens is 1. The van der Waals surface area contributed by atoms with Crippen molar-refractivity contribution < 1.29 is 4.79 Å². The van der Waals surface area contributed by atoms with Gasteiger partial charge in [0.2, 0.25) is 0 Å². The third kappa shape index (κ3) is 9.50. The Balaban J connectivity index is 0. The lowest BCUT2D eigenvalue weighted by molar-refractivity contribution is 0.564. The summed E-state index contributed by atoms with van der Waals surface area (Å²) in [6, 6.07) is 0. The Hall–Kier alpha value is -0.500.